The maximum atomic E-state index is 11.7. The SMILES string of the molecule is O=C(NC[C@H](O)C1CCCCC1)c1ccsc1. The zero-order chi connectivity index (χ0) is 12.1. The molecule has 1 aliphatic carbocycles. The smallest absolute Gasteiger partial charge is 0.252 e. The van der Waals surface area contributed by atoms with E-state index in [-0.39, 0.29) is 5.91 Å². The van der Waals surface area contributed by atoms with Crippen LogP contribution in [-0.4, -0.2) is 23.7 Å². The number of thiophene rings is 1. The topological polar surface area (TPSA) is 49.3 Å². The highest BCUT2D eigenvalue weighted by molar-refractivity contribution is 7.08. The lowest BCUT2D eigenvalue weighted by molar-refractivity contribution is 0.0738. The predicted octanol–water partition coefficient (Wildman–Crippen LogP) is 2.42. The lowest BCUT2D eigenvalue weighted by Crippen LogP contribution is -2.36. The predicted molar refractivity (Wildman–Crippen MR) is 69.2 cm³/mol. The number of carbonyl (C=O) groups is 1. The molecule has 1 aromatic rings. The second kappa shape index (κ2) is 6.17. The van der Waals surface area contributed by atoms with Gasteiger partial charge < -0.3 is 10.4 Å². The molecule has 0 spiro atoms. The van der Waals surface area contributed by atoms with Crippen molar-refractivity contribution in [1.29, 1.82) is 0 Å². The summed E-state index contributed by atoms with van der Waals surface area (Å²) in [5, 5.41) is 16.5. The summed E-state index contributed by atoms with van der Waals surface area (Å²) in [5.74, 6) is 0.285. The second-order valence-electron chi connectivity index (χ2n) is 4.69. The van der Waals surface area contributed by atoms with Crippen LogP contribution in [-0.2, 0) is 0 Å². The van der Waals surface area contributed by atoms with Gasteiger partial charge in [-0.15, -0.1) is 0 Å². The Bertz CT molecular complexity index is 344. The Morgan fingerprint density at radius 3 is 2.88 bits per heavy atom. The molecule has 2 rings (SSSR count). The van der Waals surface area contributed by atoms with E-state index >= 15 is 0 Å². The number of aliphatic hydroxyl groups is 1. The second-order valence-corrected chi connectivity index (χ2v) is 5.47. The first kappa shape index (κ1) is 12.6. The van der Waals surface area contributed by atoms with Crippen molar-refractivity contribution in [3.05, 3.63) is 22.4 Å². The Hall–Kier alpha value is -0.870. The normalized spacial score (nSPS) is 18.9. The van der Waals surface area contributed by atoms with Crippen LogP contribution in [0.4, 0.5) is 0 Å². The molecular formula is C13H19NO2S. The Morgan fingerprint density at radius 2 is 2.24 bits per heavy atom. The molecule has 1 amide bonds. The largest absolute Gasteiger partial charge is 0.391 e. The molecule has 1 aromatic heterocycles. The Balaban J connectivity index is 1.75. The first-order valence-corrected chi connectivity index (χ1v) is 7.20. The Kier molecular flexibility index (Phi) is 4.57. The molecule has 2 N–H and O–H groups in total. The minimum Gasteiger partial charge on any atom is -0.391 e. The van der Waals surface area contributed by atoms with Crippen molar-refractivity contribution in [3.8, 4) is 0 Å². The van der Waals surface area contributed by atoms with Crippen LogP contribution in [0, 0.1) is 5.92 Å². The van der Waals surface area contributed by atoms with Gasteiger partial charge in [0, 0.05) is 17.5 Å². The van der Waals surface area contributed by atoms with Gasteiger partial charge in [0.2, 0.25) is 0 Å². The van der Waals surface area contributed by atoms with Gasteiger partial charge in [0.15, 0.2) is 0 Å². The number of carbonyl (C=O) groups excluding carboxylic acids is 1. The van der Waals surface area contributed by atoms with Gasteiger partial charge in [-0.25, -0.2) is 0 Å². The van der Waals surface area contributed by atoms with Gasteiger partial charge in [0.25, 0.3) is 5.91 Å². The van der Waals surface area contributed by atoms with Gasteiger partial charge in [-0.2, -0.15) is 11.3 Å². The van der Waals surface area contributed by atoms with E-state index in [0.29, 0.717) is 18.0 Å². The van der Waals surface area contributed by atoms with Crippen molar-refractivity contribution < 1.29 is 9.90 Å². The number of amides is 1. The van der Waals surface area contributed by atoms with Crippen LogP contribution in [0.1, 0.15) is 42.5 Å². The molecule has 0 saturated heterocycles. The fourth-order valence-corrected chi connectivity index (χ4v) is 3.01. The molecule has 1 fully saturated rings. The highest BCUT2D eigenvalue weighted by atomic mass is 32.1. The summed E-state index contributed by atoms with van der Waals surface area (Å²) in [5.41, 5.74) is 0.686. The Labute approximate surface area is 106 Å². The molecule has 0 unspecified atom stereocenters. The van der Waals surface area contributed by atoms with E-state index in [9.17, 15) is 9.90 Å². The molecule has 1 aliphatic rings. The maximum absolute atomic E-state index is 11.7. The zero-order valence-electron chi connectivity index (χ0n) is 9.89. The quantitative estimate of drug-likeness (QED) is 0.865. The van der Waals surface area contributed by atoms with E-state index in [4.69, 9.17) is 0 Å². The summed E-state index contributed by atoms with van der Waals surface area (Å²) < 4.78 is 0. The van der Waals surface area contributed by atoms with Gasteiger partial charge in [0.1, 0.15) is 0 Å². The van der Waals surface area contributed by atoms with Crippen LogP contribution in [0.15, 0.2) is 16.8 Å². The molecule has 0 aliphatic heterocycles. The van der Waals surface area contributed by atoms with E-state index in [1.54, 1.807) is 6.07 Å². The molecule has 3 nitrogen and oxygen atoms in total. The van der Waals surface area contributed by atoms with Crippen molar-refractivity contribution in [2.24, 2.45) is 5.92 Å². The monoisotopic (exact) mass is 253 g/mol. The van der Waals surface area contributed by atoms with Crippen LogP contribution in [0.2, 0.25) is 0 Å². The third kappa shape index (κ3) is 3.54. The molecule has 0 bridgehead atoms. The molecular weight excluding hydrogens is 234 g/mol. The summed E-state index contributed by atoms with van der Waals surface area (Å²) in [6.45, 7) is 0.374. The highest BCUT2D eigenvalue weighted by Gasteiger charge is 2.22. The molecule has 1 saturated carbocycles. The standard InChI is InChI=1S/C13H19NO2S/c15-12(10-4-2-1-3-5-10)8-14-13(16)11-6-7-17-9-11/h6-7,9-10,12,15H,1-5,8H2,(H,14,16)/t12-/m0/s1. The molecule has 0 aromatic carbocycles. The van der Waals surface area contributed by atoms with E-state index < -0.39 is 6.10 Å². The van der Waals surface area contributed by atoms with E-state index in [1.165, 1.54) is 30.6 Å². The third-order valence-corrected chi connectivity index (χ3v) is 4.13. The Morgan fingerprint density at radius 1 is 1.47 bits per heavy atom. The molecule has 1 heterocycles. The third-order valence-electron chi connectivity index (χ3n) is 3.45. The van der Waals surface area contributed by atoms with Crippen LogP contribution in [0.5, 0.6) is 0 Å². The molecule has 94 valence electrons. The summed E-state index contributed by atoms with van der Waals surface area (Å²) in [4.78, 5) is 11.7. The van der Waals surface area contributed by atoms with Crippen molar-refractivity contribution in [2.45, 2.75) is 38.2 Å². The average Bonchev–Trinajstić information content (AvgIpc) is 2.90. The van der Waals surface area contributed by atoms with Gasteiger partial charge in [-0.05, 0) is 30.2 Å². The van der Waals surface area contributed by atoms with Crippen LogP contribution in [0.3, 0.4) is 0 Å². The average molecular weight is 253 g/mol. The number of aliphatic hydroxyl groups excluding tert-OH is 1. The minimum absolute atomic E-state index is 0.0823. The number of rotatable bonds is 4. The lowest BCUT2D eigenvalue weighted by atomic mass is 9.85. The first-order valence-electron chi connectivity index (χ1n) is 6.26. The van der Waals surface area contributed by atoms with Crippen molar-refractivity contribution in [2.75, 3.05) is 6.54 Å². The van der Waals surface area contributed by atoms with E-state index in [1.807, 2.05) is 10.8 Å². The lowest BCUT2D eigenvalue weighted by Gasteiger charge is -2.26. The summed E-state index contributed by atoms with van der Waals surface area (Å²) in [6, 6.07) is 1.80. The van der Waals surface area contributed by atoms with E-state index in [2.05, 4.69) is 5.32 Å². The molecule has 4 heteroatoms. The van der Waals surface area contributed by atoms with Crippen LogP contribution in [0.25, 0.3) is 0 Å². The van der Waals surface area contributed by atoms with Gasteiger partial charge in [-0.3, -0.25) is 4.79 Å². The van der Waals surface area contributed by atoms with Crippen LogP contribution >= 0.6 is 11.3 Å². The van der Waals surface area contributed by atoms with E-state index in [0.717, 1.165) is 12.8 Å². The maximum Gasteiger partial charge on any atom is 0.252 e. The van der Waals surface area contributed by atoms with Gasteiger partial charge >= 0.3 is 0 Å². The zero-order valence-corrected chi connectivity index (χ0v) is 10.7. The summed E-state index contributed by atoms with van der Waals surface area (Å²) in [6.07, 6.45) is 5.49. The molecule has 17 heavy (non-hydrogen) atoms. The first-order chi connectivity index (χ1) is 8.27. The molecule has 0 radical (unpaired) electrons. The highest BCUT2D eigenvalue weighted by Crippen LogP contribution is 2.26. The number of hydrogen-bond donors (Lipinski definition) is 2. The summed E-state index contributed by atoms with van der Waals surface area (Å²) in [7, 11) is 0. The van der Waals surface area contributed by atoms with Gasteiger partial charge in [-0.1, -0.05) is 19.3 Å². The van der Waals surface area contributed by atoms with Crippen LogP contribution < -0.4 is 5.32 Å². The number of nitrogens with one attached hydrogen (secondary N) is 1. The minimum atomic E-state index is -0.391. The van der Waals surface area contributed by atoms with Crippen molar-refractivity contribution in [1.82, 2.24) is 5.32 Å². The summed E-state index contributed by atoms with van der Waals surface area (Å²) >= 11 is 1.51. The fraction of sp³-hybridized carbons (Fsp3) is 0.615. The fourth-order valence-electron chi connectivity index (χ4n) is 2.38. The number of hydrogen-bond acceptors (Lipinski definition) is 3. The van der Waals surface area contributed by atoms with Gasteiger partial charge in [0.05, 0.1) is 6.10 Å². The van der Waals surface area contributed by atoms with Crippen molar-refractivity contribution >= 4 is 17.2 Å². The molecule has 1 atom stereocenters. The van der Waals surface area contributed by atoms with Crippen molar-refractivity contribution in [3.63, 3.8) is 0 Å².